The van der Waals surface area contributed by atoms with Gasteiger partial charge in [0.15, 0.2) is 0 Å². The zero-order valence-electron chi connectivity index (χ0n) is 24.0. The largest absolute Gasteiger partial charge is 0.494 e. The van der Waals surface area contributed by atoms with Crippen molar-refractivity contribution < 1.29 is 29.0 Å². The van der Waals surface area contributed by atoms with Crippen LogP contribution < -0.4 is 20.1 Å². The van der Waals surface area contributed by atoms with E-state index in [0.29, 0.717) is 30.1 Å². The quantitative estimate of drug-likeness (QED) is 0.120. The van der Waals surface area contributed by atoms with Gasteiger partial charge in [-0.3, -0.25) is 9.59 Å². The highest BCUT2D eigenvalue weighted by Crippen LogP contribution is 2.28. The summed E-state index contributed by atoms with van der Waals surface area (Å²) in [5.74, 6) is 0.487. The van der Waals surface area contributed by atoms with Gasteiger partial charge in [0.1, 0.15) is 17.2 Å². The molecule has 0 bridgehead atoms. The summed E-state index contributed by atoms with van der Waals surface area (Å²) in [6.45, 7) is 0.576. The fourth-order valence-electron chi connectivity index (χ4n) is 4.64. The molecular formula is C36H32N2O6. The van der Waals surface area contributed by atoms with Crippen molar-refractivity contribution in [3.8, 4) is 17.2 Å². The SMILES string of the molecule is O=C(CCCCCOc1ccc2cc(Oc3ccc(C(=O)Nc4ccccc4C(=O)O)cc3)ccc2c1)Nc1ccccc1. The summed E-state index contributed by atoms with van der Waals surface area (Å²) in [4.78, 5) is 36.1. The number of amides is 2. The lowest BCUT2D eigenvalue weighted by Gasteiger charge is -2.11. The van der Waals surface area contributed by atoms with Crippen molar-refractivity contribution >= 4 is 39.9 Å². The number of benzene rings is 5. The average molecular weight is 589 g/mol. The number of ether oxygens (including phenoxy) is 2. The Morgan fingerprint density at radius 3 is 2.05 bits per heavy atom. The zero-order valence-corrected chi connectivity index (χ0v) is 24.0. The highest BCUT2D eigenvalue weighted by molar-refractivity contribution is 6.07. The third kappa shape index (κ3) is 8.23. The van der Waals surface area contributed by atoms with Crippen LogP contribution in [0.3, 0.4) is 0 Å². The zero-order chi connectivity index (χ0) is 30.7. The molecule has 5 rings (SSSR count). The van der Waals surface area contributed by atoms with Gasteiger partial charge in [0, 0.05) is 17.7 Å². The van der Waals surface area contributed by atoms with E-state index in [9.17, 15) is 19.5 Å². The minimum atomic E-state index is -1.11. The minimum absolute atomic E-state index is 0.0215. The van der Waals surface area contributed by atoms with Gasteiger partial charge >= 0.3 is 5.97 Å². The maximum absolute atomic E-state index is 12.7. The minimum Gasteiger partial charge on any atom is -0.494 e. The van der Waals surface area contributed by atoms with Crippen LogP contribution in [-0.4, -0.2) is 29.5 Å². The molecule has 222 valence electrons. The molecule has 0 atom stereocenters. The molecule has 0 radical (unpaired) electrons. The van der Waals surface area contributed by atoms with Crippen LogP contribution in [0, 0.1) is 0 Å². The van der Waals surface area contributed by atoms with Crippen LogP contribution in [0.5, 0.6) is 17.2 Å². The molecule has 0 aromatic heterocycles. The summed E-state index contributed by atoms with van der Waals surface area (Å²) in [6.07, 6.45) is 3.05. The summed E-state index contributed by atoms with van der Waals surface area (Å²) in [5, 5.41) is 16.9. The summed E-state index contributed by atoms with van der Waals surface area (Å²) < 4.78 is 11.9. The molecule has 0 aliphatic rings. The van der Waals surface area contributed by atoms with Gasteiger partial charge in [-0.2, -0.15) is 0 Å². The number of rotatable bonds is 13. The number of hydrogen-bond donors (Lipinski definition) is 3. The standard InChI is InChI=1S/C36H32N2O6/c39-34(37-28-9-3-1-4-10-28)13-5-2-8-22-43-30-20-16-27-24-31(21-17-26(27)23-30)44-29-18-14-25(15-19-29)35(40)38-33-12-7-6-11-32(33)36(41)42/h1,3-4,6-7,9-12,14-21,23-24H,2,5,8,13,22H2,(H,37,39)(H,38,40)(H,41,42). The first-order valence-electron chi connectivity index (χ1n) is 14.4. The van der Waals surface area contributed by atoms with E-state index in [1.54, 1.807) is 42.5 Å². The molecule has 3 N–H and O–H groups in total. The van der Waals surface area contributed by atoms with E-state index >= 15 is 0 Å². The monoisotopic (exact) mass is 588 g/mol. The van der Waals surface area contributed by atoms with E-state index in [1.807, 2.05) is 66.7 Å². The highest BCUT2D eigenvalue weighted by atomic mass is 16.5. The summed E-state index contributed by atoms with van der Waals surface area (Å²) >= 11 is 0. The first kappa shape index (κ1) is 29.8. The third-order valence-electron chi connectivity index (χ3n) is 6.92. The topological polar surface area (TPSA) is 114 Å². The van der Waals surface area contributed by atoms with E-state index < -0.39 is 11.9 Å². The van der Waals surface area contributed by atoms with Gasteiger partial charge in [-0.15, -0.1) is 0 Å². The number of carbonyl (C=O) groups is 3. The maximum Gasteiger partial charge on any atom is 0.337 e. The predicted octanol–water partition coefficient (Wildman–Crippen LogP) is 8.16. The summed E-state index contributed by atoms with van der Waals surface area (Å²) in [5.41, 5.74) is 1.44. The first-order chi connectivity index (χ1) is 21.4. The second-order valence-corrected chi connectivity index (χ2v) is 10.2. The Morgan fingerprint density at radius 1 is 0.636 bits per heavy atom. The molecule has 8 heteroatoms. The van der Waals surface area contributed by atoms with Crippen molar-refractivity contribution in [2.45, 2.75) is 25.7 Å². The second kappa shape index (κ2) is 14.5. The Labute approximate surface area is 255 Å². The van der Waals surface area contributed by atoms with E-state index in [-0.39, 0.29) is 17.2 Å². The molecule has 0 saturated heterocycles. The fraction of sp³-hybridized carbons (Fsp3) is 0.139. The Hall–Kier alpha value is -5.63. The van der Waals surface area contributed by atoms with Crippen LogP contribution in [0.4, 0.5) is 11.4 Å². The average Bonchev–Trinajstić information content (AvgIpc) is 3.03. The Morgan fingerprint density at radius 2 is 1.30 bits per heavy atom. The molecule has 44 heavy (non-hydrogen) atoms. The highest BCUT2D eigenvalue weighted by Gasteiger charge is 2.13. The van der Waals surface area contributed by atoms with E-state index in [4.69, 9.17) is 9.47 Å². The van der Waals surface area contributed by atoms with Crippen LogP contribution in [0.25, 0.3) is 10.8 Å². The van der Waals surface area contributed by atoms with E-state index in [1.165, 1.54) is 6.07 Å². The lowest BCUT2D eigenvalue weighted by Crippen LogP contribution is -2.14. The molecular weight excluding hydrogens is 556 g/mol. The summed E-state index contributed by atoms with van der Waals surface area (Å²) in [7, 11) is 0. The molecule has 0 heterocycles. The van der Waals surface area contributed by atoms with Crippen molar-refractivity contribution in [1.82, 2.24) is 0 Å². The molecule has 0 saturated carbocycles. The van der Waals surface area contributed by atoms with Gasteiger partial charge in [-0.05, 0) is 103 Å². The van der Waals surface area contributed by atoms with Gasteiger partial charge in [-0.25, -0.2) is 4.79 Å². The van der Waals surface area contributed by atoms with Crippen molar-refractivity contribution in [3.63, 3.8) is 0 Å². The van der Waals surface area contributed by atoms with Crippen molar-refractivity contribution in [3.05, 3.63) is 126 Å². The normalized spacial score (nSPS) is 10.6. The van der Waals surface area contributed by atoms with Crippen molar-refractivity contribution in [2.24, 2.45) is 0 Å². The molecule has 0 unspecified atom stereocenters. The number of carbonyl (C=O) groups excluding carboxylic acids is 2. The van der Waals surface area contributed by atoms with Gasteiger partial charge in [0.2, 0.25) is 5.91 Å². The van der Waals surface area contributed by atoms with Crippen LogP contribution >= 0.6 is 0 Å². The molecule has 8 nitrogen and oxygen atoms in total. The van der Waals surface area contributed by atoms with E-state index in [0.717, 1.165) is 41.5 Å². The molecule has 5 aromatic carbocycles. The summed E-state index contributed by atoms with van der Waals surface area (Å²) in [6, 6.07) is 34.0. The Kier molecular flexibility index (Phi) is 9.84. The van der Waals surface area contributed by atoms with Crippen LogP contribution in [-0.2, 0) is 4.79 Å². The first-order valence-corrected chi connectivity index (χ1v) is 14.4. The lowest BCUT2D eigenvalue weighted by molar-refractivity contribution is -0.116. The van der Waals surface area contributed by atoms with Crippen LogP contribution in [0.2, 0.25) is 0 Å². The van der Waals surface area contributed by atoms with Crippen molar-refractivity contribution in [2.75, 3.05) is 17.2 Å². The molecule has 2 amide bonds. The molecule has 0 spiro atoms. The predicted molar refractivity (Wildman–Crippen MR) is 171 cm³/mol. The number of carboxylic acids is 1. The number of anilines is 2. The molecule has 0 aliphatic carbocycles. The number of aromatic carboxylic acids is 1. The number of hydrogen-bond acceptors (Lipinski definition) is 5. The Bertz CT molecular complexity index is 1750. The lowest BCUT2D eigenvalue weighted by atomic mass is 10.1. The van der Waals surface area contributed by atoms with E-state index in [2.05, 4.69) is 10.6 Å². The molecule has 0 aliphatic heterocycles. The molecule has 5 aromatic rings. The van der Waals surface area contributed by atoms with Gasteiger partial charge in [-0.1, -0.05) is 42.5 Å². The van der Waals surface area contributed by atoms with Crippen LogP contribution in [0.1, 0.15) is 46.4 Å². The number of unbranched alkanes of at least 4 members (excludes halogenated alkanes) is 2. The third-order valence-corrected chi connectivity index (χ3v) is 6.92. The Balaban J connectivity index is 1.08. The smallest absolute Gasteiger partial charge is 0.337 e. The maximum atomic E-state index is 12.7. The second-order valence-electron chi connectivity index (χ2n) is 10.2. The van der Waals surface area contributed by atoms with Gasteiger partial charge in [0.05, 0.1) is 17.9 Å². The van der Waals surface area contributed by atoms with Crippen LogP contribution in [0.15, 0.2) is 115 Å². The number of nitrogens with one attached hydrogen (secondary N) is 2. The molecule has 0 fully saturated rings. The van der Waals surface area contributed by atoms with Gasteiger partial charge in [0.25, 0.3) is 5.91 Å². The van der Waals surface area contributed by atoms with Gasteiger partial charge < -0.3 is 25.2 Å². The number of carboxylic acid groups (broad SMARTS) is 1. The number of para-hydroxylation sites is 2. The number of fused-ring (bicyclic) bond motifs is 1. The fourth-order valence-corrected chi connectivity index (χ4v) is 4.64. The van der Waals surface area contributed by atoms with Crippen molar-refractivity contribution in [1.29, 1.82) is 0 Å².